The van der Waals surface area contributed by atoms with Crippen molar-refractivity contribution in [2.24, 2.45) is 0 Å². The first-order chi connectivity index (χ1) is 13.6. The smallest absolute Gasteiger partial charge is 0.229 e. The van der Waals surface area contributed by atoms with Gasteiger partial charge >= 0.3 is 0 Å². The predicted molar refractivity (Wildman–Crippen MR) is 108 cm³/mol. The van der Waals surface area contributed by atoms with E-state index < -0.39 is 0 Å². The van der Waals surface area contributed by atoms with Crippen molar-refractivity contribution in [1.82, 2.24) is 14.5 Å². The Balaban J connectivity index is 1.55. The van der Waals surface area contributed by atoms with Crippen molar-refractivity contribution in [3.8, 4) is 16.4 Å². The standard InChI is InChI=1S/C21H17FN4OS/c1-14-23-12-19(25-20(27)11-15-7-9-17(22)10-8-15)26(14)21-24-18(13-28-21)16-5-3-2-4-6-16/h2-10,12-13H,11H2,1H3,(H,25,27). The summed E-state index contributed by atoms with van der Waals surface area (Å²) < 4.78 is 14.8. The molecular formula is C21H17FN4OS. The van der Waals surface area contributed by atoms with Crippen molar-refractivity contribution in [2.45, 2.75) is 13.3 Å². The van der Waals surface area contributed by atoms with Crippen molar-refractivity contribution in [3.05, 3.63) is 83.4 Å². The fourth-order valence-electron chi connectivity index (χ4n) is 2.86. The van der Waals surface area contributed by atoms with Crippen molar-refractivity contribution < 1.29 is 9.18 Å². The number of nitrogens with one attached hydrogen (secondary N) is 1. The Labute approximate surface area is 165 Å². The van der Waals surface area contributed by atoms with Gasteiger partial charge in [0.1, 0.15) is 17.5 Å². The molecular weight excluding hydrogens is 375 g/mol. The number of carbonyl (C=O) groups is 1. The molecule has 0 aliphatic heterocycles. The lowest BCUT2D eigenvalue weighted by Crippen LogP contribution is -2.17. The van der Waals surface area contributed by atoms with Gasteiger partial charge in [-0.25, -0.2) is 14.4 Å². The molecule has 0 fully saturated rings. The summed E-state index contributed by atoms with van der Waals surface area (Å²) in [5.41, 5.74) is 2.64. The zero-order valence-electron chi connectivity index (χ0n) is 15.1. The van der Waals surface area contributed by atoms with Gasteiger partial charge in [-0.3, -0.25) is 9.36 Å². The van der Waals surface area contributed by atoms with Crippen LogP contribution < -0.4 is 5.32 Å². The van der Waals surface area contributed by atoms with E-state index in [0.29, 0.717) is 5.82 Å². The van der Waals surface area contributed by atoms with E-state index in [1.54, 1.807) is 18.3 Å². The molecule has 1 amide bonds. The molecule has 2 heterocycles. The Morgan fingerprint density at radius 1 is 1.14 bits per heavy atom. The molecule has 4 aromatic rings. The van der Waals surface area contributed by atoms with Crippen molar-refractivity contribution >= 4 is 23.1 Å². The molecule has 0 saturated heterocycles. The summed E-state index contributed by atoms with van der Waals surface area (Å²) in [6.45, 7) is 1.86. The molecule has 2 aromatic carbocycles. The lowest BCUT2D eigenvalue weighted by molar-refractivity contribution is -0.115. The van der Waals surface area contributed by atoms with Gasteiger partial charge in [0, 0.05) is 10.9 Å². The summed E-state index contributed by atoms with van der Waals surface area (Å²) >= 11 is 1.48. The van der Waals surface area contributed by atoms with E-state index in [1.165, 1.54) is 23.5 Å². The van der Waals surface area contributed by atoms with Gasteiger partial charge in [0.25, 0.3) is 0 Å². The zero-order valence-corrected chi connectivity index (χ0v) is 15.9. The molecule has 0 atom stereocenters. The number of anilines is 1. The van der Waals surface area contributed by atoms with Crippen LogP contribution in [0.5, 0.6) is 0 Å². The average Bonchev–Trinajstić information content (AvgIpc) is 3.31. The maximum absolute atomic E-state index is 13.0. The van der Waals surface area contributed by atoms with Crippen LogP contribution in [0.2, 0.25) is 0 Å². The number of aryl methyl sites for hydroxylation is 1. The highest BCUT2D eigenvalue weighted by Gasteiger charge is 2.15. The van der Waals surface area contributed by atoms with Crippen molar-refractivity contribution in [1.29, 1.82) is 0 Å². The van der Waals surface area contributed by atoms with Crippen LogP contribution in [0, 0.1) is 12.7 Å². The molecule has 0 spiro atoms. The van der Waals surface area contributed by atoms with Crippen LogP contribution in [0.25, 0.3) is 16.4 Å². The molecule has 0 saturated carbocycles. The molecule has 0 aliphatic carbocycles. The Hall–Kier alpha value is -3.32. The number of thiazole rings is 1. The summed E-state index contributed by atoms with van der Waals surface area (Å²) in [5.74, 6) is 0.757. The largest absolute Gasteiger partial charge is 0.310 e. The Morgan fingerprint density at radius 3 is 2.64 bits per heavy atom. The second kappa shape index (κ2) is 7.74. The van der Waals surface area contributed by atoms with E-state index in [1.807, 2.05) is 47.2 Å². The molecule has 0 radical (unpaired) electrons. The van der Waals surface area contributed by atoms with Gasteiger partial charge in [0.15, 0.2) is 5.13 Å². The highest BCUT2D eigenvalue weighted by atomic mass is 32.1. The van der Waals surface area contributed by atoms with E-state index in [0.717, 1.165) is 27.8 Å². The molecule has 7 heteroatoms. The van der Waals surface area contributed by atoms with Crippen LogP contribution in [0.15, 0.2) is 66.2 Å². The molecule has 0 unspecified atom stereocenters. The number of halogens is 1. The highest BCUT2D eigenvalue weighted by Crippen LogP contribution is 2.27. The number of hydrogen-bond acceptors (Lipinski definition) is 4. The first-order valence-corrected chi connectivity index (χ1v) is 9.58. The van der Waals surface area contributed by atoms with E-state index in [2.05, 4.69) is 10.3 Å². The third-order valence-electron chi connectivity index (χ3n) is 4.24. The van der Waals surface area contributed by atoms with Gasteiger partial charge in [-0.15, -0.1) is 11.3 Å². The molecule has 2 aromatic heterocycles. The Morgan fingerprint density at radius 2 is 1.89 bits per heavy atom. The number of benzene rings is 2. The third-order valence-corrected chi connectivity index (χ3v) is 5.06. The molecule has 28 heavy (non-hydrogen) atoms. The third kappa shape index (κ3) is 3.84. The van der Waals surface area contributed by atoms with Crippen LogP contribution in [0.1, 0.15) is 11.4 Å². The summed E-state index contributed by atoms with van der Waals surface area (Å²) in [4.78, 5) is 21.4. The average molecular weight is 392 g/mol. The van der Waals surface area contributed by atoms with Gasteiger partial charge < -0.3 is 5.32 Å². The second-order valence-corrected chi connectivity index (χ2v) is 7.10. The maximum Gasteiger partial charge on any atom is 0.229 e. The number of carbonyl (C=O) groups excluding carboxylic acids is 1. The summed E-state index contributed by atoms with van der Waals surface area (Å²) in [6.07, 6.45) is 1.76. The van der Waals surface area contributed by atoms with Gasteiger partial charge in [0.2, 0.25) is 5.91 Å². The summed E-state index contributed by atoms with van der Waals surface area (Å²) in [5, 5.41) is 5.58. The Bertz CT molecular complexity index is 1100. The monoisotopic (exact) mass is 392 g/mol. The summed E-state index contributed by atoms with van der Waals surface area (Å²) in [6, 6.07) is 15.8. The molecule has 4 rings (SSSR count). The molecule has 0 bridgehead atoms. The lowest BCUT2D eigenvalue weighted by Gasteiger charge is -2.08. The lowest BCUT2D eigenvalue weighted by atomic mass is 10.1. The first-order valence-electron chi connectivity index (χ1n) is 8.70. The number of hydrogen-bond donors (Lipinski definition) is 1. The highest BCUT2D eigenvalue weighted by molar-refractivity contribution is 7.12. The normalized spacial score (nSPS) is 10.8. The van der Waals surface area contributed by atoms with E-state index in [4.69, 9.17) is 4.98 Å². The zero-order chi connectivity index (χ0) is 19.5. The van der Waals surface area contributed by atoms with Gasteiger partial charge in [0.05, 0.1) is 18.3 Å². The van der Waals surface area contributed by atoms with Crippen LogP contribution in [-0.2, 0) is 11.2 Å². The fraction of sp³-hybridized carbons (Fsp3) is 0.0952. The second-order valence-electron chi connectivity index (χ2n) is 6.26. The molecule has 0 aliphatic rings. The quantitative estimate of drug-likeness (QED) is 0.539. The van der Waals surface area contributed by atoms with Gasteiger partial charge in [-0.2, -0.15) is 0 Å². The first kappa shape index (κ1) is 18.1. The number of aromatic nitrogens is 3. The minimum atomic E-state index is -0.323. The van der Waals surface area contributed by atoms with Crippen molar-refractivity contribution in [2.75, 3.05) is 5.32 Å². The minimum absolute atomic E-state index is 0.150. The van der Waals surface area contributed by atoms with E-state index >= 15 is 0 Å². The van der Waals surface area contributed by atoms with E-state index in [9.17, 15) is 9.18 Å². The number of nitrogens with zero attached hydrogens (tertiary/aromatic N) is 3. The van der Waals surface area contributed by atoms with Crippen LogP contribution in [0.3, 0.4) is 0 Å². The van der Waals surface area contributed by atoms with E-state index in [-0.39, 0.29) is 18.1 Å². The van der Waals surface area contributed by atoms with Crippen molar-refractivity contribution in [3.63, 3.8) is 0 Å². The molecule has 5 nitrogen and oxygen atoms in total. The number of imidazole rings is 1. The van der Waals surface area contributed by atoms with Gasteiger partial charge in [-0.1, -0.05) is 42.5 Å². The number of amides is 1. The summed E-state index contributed by atoms with van der Waals surface area (Å²) in [7, 11) is 0. The van der Waals surface area contributed by atoms with Crippen LogP contribution in [-0.4, -0.2) is 20.4 Å². The topological polar surface area (TPSA) is 59.8 Å². The SMILES string of the molecule is Cc1ncc(NC(=O)Cc2ccc(F)cc2)n1-c1nc(-c2ccccc2)cs1. The molecule has 1 N–H and O–H groups in total. The molecule has 140 valence electrons. The van der Waals surface area contributed by atoms with Crippen LogP contribution >= 0.6 is 11.3 Å². The van der Waals surface area contributed by atoms with Gasteiger partial charge in [-0.05, 0) is 24.6 Å². The predicted octanol–water partition coefficient (Wildman–Crippen LogP) is 4.62. The van der Waals surface area contributed by atoms with Crippen LogP contribution in [0.4, 0.5) is 10.2 Å². The fourth-order valence-corrected chi connectivity index (χ4v) is 3.75. The minimum Gasteiger partial charge on any atom is -0.310 e. The number of rotatable bonds is 5. The Kier molecular flexibility index (Phi) is 4.99. The maximum atomic E-state index is 13.0.